The zero-order chi connectivity index (χ0) is 16.5. The molecule has 5 heteroatoms. The molecule has 0 aliphatic carbocycles. The van der Waals surface area contributed by atoms with Crippen LogP contribution in [0.25, 0.3) is 0 Å². The lowest BCUT2D eigenvalue weighted by atomic mass is 9.91. The first-order valence-corrected chi connectivity index (χ1v) is 7.12. The fraction of sp³-hybridized carbons (Fsp3) is 0.353. The Labute approximate surface area is 129 Å². The molecule has 5 nitrogen and oxygen atoms in total. The van der Waals surface area contributed by atoms with Crippen molar-refractivity contribution < 1.29 is 23.9 Å². The number of ketones is 1. The molecule has 118 valence electrons. The number of ether oxygens (including phenoxy) is 2. The Morgan fingerprint density at radius 3 is 2.18 bits per heavy atom. The topological polar surface area (TPSA) is 69.7 Å². The van der Waals surface area contributed by atoms with Crippen molar-refractivity contribution in [1.82, 2.24) is 0 Å². The van der Waals surface area contributed by atoms with Crippen molar-refractivity contribution >= 4 is 17.7 Å². The van der Waals surface area contributed by atoms with Gasteiger partial charge in [0.2, 0.25) is 0 Å². The minimum atomic E-state index is -1.15. The van der Waals surface area contributed by atoms with E-state index in [1.807, 2.05) is 0 Å². The summed E-state index contributed by atoms with van der Waals surface area (Å²) in [6, 6.07) is 8.43. The Balaban J connectivity index is 3.10. The molecular formula is C17H20O5. The van der Waals surface area contributed by atoms with E-state index in [1.54, 1.807) is 51.1 Å². The van der Waals surface area contributed by atoms with E-state index in [1.165, 1.54) is 0 Å². The summed E-state index contributed by atoms with van der Waals surface area (Å²) in [5.41, 5.74) is 0.683. The maximum Gasteiger partial charge on any atom is 0.330 e. The van der Waals surface area contributed by atoms with Crippen LogP contribution in [0.1, 0.15) is 31.1 Å². The van der Waals surface area contributed by atoms with Gasteiger partial charge in [0.25, 0.3) is 0 Å². The summed E-state index contributed by atoms with van der Waals surface area (Å²) < 4.78 is 9.77. The summed E-state index contributed by atoms with van der Waals surface area (Å²) in [6.07, 6.45) is 1.16. The van der Waals surface area contributed by atoms with E-state index in [-0.39, 0.29) is 13.2 Å². The van der Waals surface area contributed by atoms with Crippen molar-refractivity contribution in [3.8, 4) is 0 Å². The van der Waals surface area contributed by atoms with Crippen LogP contribution in [0.4, 0.5) is 0 Å². The fourth-order valence-electron chi connectivity index (χ4n) is 1.95. The van der Waals surface area contributed by atoms with Crippen molar-refractivity contribution in [1.29, 1.82) is 0 Å². The van der Waals surface area contributed by atoms with Crippen LogP contribution in [0, 0.1) is 5.92 Å². The van der Waals surface area contributed by atoms with E-state index in [0.717, 1.165) is 6.08 Å². The molecule has 0 N–H and O–H groups in total. The molecule has 0 spiro atoms. The normalized spacial score (nSPS) is 12.4. The van der Waals surface area contributed by atoms with E-state index in [0.29, 0.717) is 11.1 Å². The fourth-order valence-corrected chi connectivity index (χ4v) is 1.95. The second-order valence-corrected chi connectivity index (χ2v) is 4.56. The number of rotatable bonds is 7. The van der Waals surface area contributed by atoms with Crippen LogP contribution < -0.4 is 0 Å². The molecule has 0 amide bonds. The lowest BCUT2D eigenvalue weighted by molar-refractivity contribution is -0.145. The van der Waals surface area contributed by atoms with Gasteiger partial charge in [-0.1, -0.05) is 30.3 Å². The number of carbonyl (C=O) groups excluding carboxylic acids is 3. The van der Waals surface area contributed by atoms with E-state index in [2.05, 4.69) is 0 Å². The molecule has 1 aromatic carbocycles. The van der Waals surface area contributed by atoms with Gasteiger partial charge in [-0.05, 0) is 26.3 Å². The average Bonchev–Trinajstić information content (AvgIpc) is 2.48. The quantitative estimate of drug-likeness (QED) is 0.335. The molecule has 0 saturated heterocycles. The summed E-state index contributed by atoms with van der Waals surface area (Å²) in [7, 11) is 0. The Hall–Kier alpha value is -2.43. The molecule has 1 unspecified atom stereocenters. The highest BCUT2D eigenvalue weighted by Gasteiger charge is 2.31. The van der Waals surface area contributed by atoms with E-state index >= 15 is 0 Å². The van der Waals surface area contributed by atoms with Gasteiger partial charge in [0.1, 0.15) is 5.92 Å². The number of hydrogen-bond donors (Lipinski definition) is 0. The molecule has 0 radical (unpaired) electrons. The van der Waals surface area contributed by atoms with Gasteiger partial charge in [-0.2, -0.15) is 0 Å². The molecule has 1 aromatic rings. The number of hydrogen-bond acceptors (Lipinski definition) is 5. The third kappa shape index (κ3) is 4.84. The molecule has 0 bridgehead atoms. The molecule has 0 fully saturated rings. The number of carbonyl (C=O) groups is 3. The highest BCUT2D eigenvalue weighted by molar-refractivity contribution is 6.11. The maximum atomic E-state index is 12.5. The van der Waals surface area contributed by atoms with Gasteiger partial charge in [-0.3, -0.25) is 9.59 Å². The summed E-state index contributed by atoms with van der Waals surface area (Å²) in [5.74, 6) is -2.81. The van der Waals surface area contributed by atoms with Gasteiger partial charge in [-0.25, -0.2) is 4.79 Å². The highest BCUT2D eigenvalue weighted by atomic mass is 16.5. The van der Waals surface area contributed by atoms with Gasteiger partial charge in [0.15, 0.2) is 5.78 Å². The molecule has 0 saturated carbocycles. The van der Waals surface area contributed by atoms with Crippen LogP contribution in [0.5, 0.6) is 0 Å². The summed E-state index contributed by atoms with van der Waals surface area (Å²) in [4.78, 5) is 36.2. The largest absolute Gasteiger partial charge is 0.465 e. The SMILES string of the molecule is CCOC(=O)C=C(C)C(C(=O)OCC)C(=O)c1ccccc1. The first-order chi connectivity index (χ1) is 10.5. The van der Waals surface area contributed by atoms with E-state index in [4.69, 9.17) is 9.47 Å². The summed E-state index contributed by atoms with van der Waals surface area (Å²) in [5, 5.41) is 0. The maximum absolute atomic E-state index is 12.5. The Bertz CT molecular complexity index is 560. The Kier molecular flexibility index (Phi) is 7.02. The van der Waals surface area contributed by atoms with E-state index < -0.39 is 23.6 Å². The summed E-state index contributed by atoms with van der Waals surface area (Å²) in [6.45, 7) is 5.26. The molecular weight excluding hydrogens is 284 g/mol. The molecule has 0 aliphatic rings. The predicted octanol–water partition coefficient (Wildman–Crippen LogP) is 2.56. The molecule has 22 heavy (non-hydrogen) atoms. The highest BCUT2D eigenvalue weighted by Crippen LogP contribution is 2.19. The lowest BCUT2D eigenvalue weighted by Crippen LogP contribution is -2.28. The molecule has 1 rings (SSSR count). The zero-order valence-corrected chi connectivity index (χ0v) is 13.0. The zero-order valence-electron chi connectivity index (χ0n) is 13.0. The van der Waals surface area contributed by atoms with Crippen LogP contribution in [0.15, 0.2) is 42.0 Å². The number of esters is 2. The van der Waals surface area contributed by atoms with Crippen LogP contribution in [-0.4, -0.2) is 30.9 Å². The predicted molar refractivity (Wildman–Crippen MR) is 81.3 cm³/mol. The molecule has 0 aliphatic heterocycles. The minimum Gasteiger partial charge on any atom is -0.465 e. The smallest absolute Gasteiger partial charge is 0.330 e. The van der Waals surface area contributed by atoms with Gasteiger partial charge in [0, 0.05) is 11.6 Å². The van der Waals surface area contributed by atoms with Crippen molar-refractivity contribution in [2.45, 2.75) is 20.8 Å². The minimum absolute atomic E-state index is 0.157. The Morgan fingerprint density at radius 2 is 1.64 bits per heavy atom. The summed E-state index contributed by atoms with van der Waals surface area (Å²) >= 11 is 0. The average molecular weight is 304 g/mol. The Morgan fingerprint density at radius 1 is 1.05 bits per heavy atom. The van der Waals surface area contributed by atoms with Crippen LogP contribution >= 0.6 is 0 Å². The van der Waals surface area contributed by atoms with Crippen LogP contribution in [0.2, 0.25) is 0 Å². The van der Waals surface area contributed by atoms with Crippen molar-refractivity contribution in [2.75, 3.05) is 13.2 Å². The third-order valence-electron chi connectivity index (χ3n) is 2.93. The van der Waals surface area contributed by atoms with E-state index in [9.17, 15) is 14.4 Å². The molecule has 0 aromatic heterocycles. The molecule has 0 heterocycles. The first kappa shape index (κ1) is 17.6. The van der Waals surface area contributed by atoms with Crippen molar-refractivity contribution in [3.05, 3.63) is 47.5 Å². The number of benzene rings is 1. The van der Waals surface area contributed by atoms with Gasteiger partial charge < -0.3 is 9.47 Å². The number of Topliss-reactive ketones (excluding diaryl/α,β-unsaturated/α-hetero) is 1. The van der Waals surface area contributed by atoms with Gasteiger partial charge in [0.05, 0.1) is 13.2 Å². The van der Waals surface area contributed by atoms with Gasteiger partial charge >= 0.3 is 11.9 Å². The van der Waals surface area contributed by atoms with Crippen LogP contribution in [0.3, 0.4) is 0 Å². The van der Waals surface area contributed by atoms with Crippen molar-refractivity contribution in [2.24, 2.45) is 5.92 Å². The molecule has 1 atom stereocenters. The lowest BCUT2D eigenvalue weighted by Gasteiger charge is -2.15. The van der Waals surface area contributed by atoms with Crippen LogP contribution in [-0.2, 0) is 19.1 Å². The first-order valence-electron chi connectivity index (χ1n) is 7.12. The standard InChI is InChI=1S/C17H20O5/c1-4-21-14(18)11-12(3)15(17(20)22-5-2)16(19)13-9-7-6-8-10-13/h6-11,15H,4-5H2,1-3H3. The monoisotopic (exact) mass is 304 g/mol. The van der Waals surface area contributed by atoms with Gasteiger partial charge in [-0.15, -0.1) is 0 Å². The second kappa shape index (κ2) is 8.77. The van der Waals surface area contributed by atoms with Crippen molar-refractivity contribution in [3.63, 3.8) is 0 Å². The second-order valence-electron chi connectivity index (χ2n) is 4.56. The third-order valence-corrected chi connectivity index (χ3v) is 2.93.